The summed E-state index contributed by atoms with van der Waals surface area (Å²) in [5.74, 6) is 1.49. The molecule has 2 fully saturated rings. The maximum Gasteiger partial charge on any atom is 0.180 e. The minimum absolute atomic E-state index is 0.392. The number of imidazole rings is 1. The van der Waals surface area contributed by atoms with Gasteiger partial charge in [-0.25, -0.2) is 9.97 Å². The Hall–Kier alpha value is -2.55. The monoisotopic (exact) mass is 442 g/mol. The fourth-order valence-electron chi connectivity index (χ4n) is 4.39. The molecule has 0 bridgehead atoms. The molecule has 2 aliphatic heterocycles. The molecule has 1 atom stereocenters. The summed E-state index contributed by atoms with van der Waals surface area (Å²) in [4.78, 5) is 17.3. The Bertz CT molecular complexity index is 1080. The number of fused-ring (bicyclic) bond motifs is 1. The van der Waals surface area contributed by atoms with Crippen LogP contribution in [0.4, 0.5) is 11.4 Å². The van der Waals surface area contributed by atoms with Crippen molar-refractivity contribution in [2.75, 3.05) is 62.8 Å². The molecule has 5 rings (SSSR count). The number of aromatic amines is 1. The van der Waals surface area contributed by atoms with Gasteiger partial charge < -0.3 is 29.6 Å². The van der Waals surface area contributed by atoms with E-state index in [9.17, 15) is 0 Å². The maximum atomic E-state index is 6.59. The van der Waals surface area contributed by atoms with Crippen LogP contribution in [-0.2, 0) is 4.74 Å². The van der Waals surface area contributed by atoms with Crippen LogP contribution in [0.15, 0.2) is 24.4 Å². The first kappa shape index (κ1) is 20.4. The molecule has 0 aliphatic carbocycles. The lowest BCUT2D eigenvalue weighted by Crippen LogP contribution is -2.49. The second-order valence-corrected chi connectivity index (χ2v) is 8.43. The van der Waals surface area contributed by atoms with Gasteiger partial charge in [0, 0.05) is 50.5 Å². The normalized spacial score (nSPS) is 19.8. The second-order valence-electron chi connectivity index (χ2n) is 8.02. The molecule has 2 N–H and O–H groups in total. The quantitative estimate of drug-likeness (QED) is 0.643. The van der Waals surface area contributed by atoms with Crippen LogP contribution >= 0.6 is 11.6 Å². The highest BCUT2D eigenvalue weighted by Crippen LogP contribution is 2.37. The third kappa shape index (κ3) is 3.91. The Kier molecular flexibility index (Phi) is 5.60. The van der Waals surface area contributed by atoms with E-state index in [1.807, 2.05) is 0 Å². The number of hydrogen-bond donors (Lipinski definition) is 2. The standard InChI is InChI=1S/C22H27ClN6O2/c1-14-13-29(6-5-24-14)20-17(23)12-25-22-19(20)26-21(27-22)16-4-3-15(11-18(16)30-2)28-7-9-31-10-8-28/h3-4,11-12,14,24H,5-10,13H2,1-2H3,(H,25,26,27)/t14-/m0/s1. The predicted octanol–water partition coefficient (Wildman–Crippen LogP) is 2.92. The number of anilines is 2. The number of rotatable bonds is 4. The first-order valence-electron chi connectivity index (χ1n) is 10.7. The lowest BCUT2D eigenvalue weighted by atomic mass is 10.1. The highest BCUT2D eigenvalue weighted by Gasteiger charge is 2.23. The van der Waals surface area contributed by atoms with Crippen molar-refractivity contribution in [3.05, 3.63) is 29.4 Å². The summed E-state index contributed by atoms with van der Waals surface area (Å²) < 4.78 is 11.2. The van der Waals surface area contributed by atoms with Crippen LogP contribution < -0.4 is 19.9 Å². The van der Waals surface area contributed by atoms with Crippen molar-refractivity contribution < 1.29 is 9.47 Å². The first-order valence-corrected chi connectivity index (χ1v) is 11.1. The molecular weight excluding hydrogens is 416 g/mol. The van der Waals surface area contributed by atoms with Crippen molar-refractivity contribution in [1.82, 2.24) is 20.3 Å². The third-order valence-corrected chi connectivity index (χ3v) is 6.23. The van der Waals surface area contributed by atoms with Gasteiger partial charge in [-0.1, -0.05) is 11.6 Å². The lowest BCUT2D eigenvalue weighted by molar-refractivity contribution is 0.122. The van der Waals surface area contributed by atoms with Crippen LogP contribution in [-0.4, -0.2) is 74.0 Å². The van der Waals surface area contributed by atoms with Gasteiger partial charge in [0.05, 0.1) is 42.8 Å². The van der Waals surface area contributed by atoms with E-state index in [2.05, 4.69) is 50.2 Å². The van der Waals surface area contributed by atoms with E-state index in [4.69, 9.17) is 26.1 Å². The first-order chi connectivity index (χ1) is 15.1. The molecule has 0 saturated carbocycles. The molecule has 9 heteroatoms. The number of morpholine rings is 1. The second kappa shape index (κ2) is 8.53. The van der Waals surface area contributed by atoms with Gasteiger partial charge in [0.15, 0.2) is 5.65 Å². The molecule has 1 aromatic carbocycles. The number of benzene rings is 1. The van der Waals surface area contributed by atoms with Crippen LogP contribution in [0.25, 0.3) is 22.6 Å². The summed E-state index contributed by atoms with van der Waals surface area (Å²) in [5.41, 5.74) is 4.49. The zero-order chi connectivity index (χ0) is 21.4. The van der Waals surface area contributed by atoms with E-state index < -0.39 is 0 Å². The minimum atomic E-state index is 0.392. The molecule has 8 nitrogen and oxygen atoms in total. The molecule has 0 amide bonds. The van der Waals surface area contributed by atoms with Crippen LogP contribution in [0.3, 0.4) is 0 Å². The zero-order valence-electron chi connectivity index (χ0n) is 17.8. The average molecular weight is 443 g/mol. The molecular formula is C22H27ClN6O2. The van der Waals surface area contributed by atoms with E-state index in [0.29, 0.717) is 16.7 Å². The highest BCUT2D eigenvalue weighted by atomic mass is 35.5. The van der Waals surface area contributed by atoms with Crippen LogP contribution in [0.2, 0.25) is 5.02 Å². The van der Waals surface area contributed by atoms with E-state index in [1.54, 1.807) is 13.3 Å². The molecule has 164 valence electrons. The average Bonchev–Trinajstić information content (AvgIpc) is 3.23. The van der Waals surface area contributed by atoms with E-state index in [1.165, 1.54) is 0 Å². The summed E-state index contributed by atoms with van der Waals surface area (Å²) in [7, 11) is 1.69. The number of nitrogens with zero attached hydrogens (tertiary/aromatic N) is 4. The molecule has 2 aromatic heterocycles. The van der Waals surface area contributed by atoms with Gasteiger partial charge in [-0.2, -0.15) is 0 Å². The molecule has 2 aliphatic rings. The van der Waals surface area contributed by atoms with Gasteiger partial charge in [0.1, 0.15) is 17.1 Å². The van der Waals surface area contributed by atoms with Crippen LogP contribution in [0, 0.1) is 0 Å². The summed E-state index contributed by atoms with van der Waals surface area (Å²) in [6, 6.07) is 6.61. The smallest absolute Gasteiger partial charge is 0.180 e. The fraction of sp³-hybridized carbons (Fsp3) is 0.455. The summed E-state index contributed by atoms with van der Waals surface area (Å²) >= 11 is 6.59. The van der Waals surface area contributed by atoms with Gasteiger partial charge in [-0.05, 0) is 19.1 Å². The Balaban J connectivity index is 1.54. The predicted molar refractivity (Wildman–Crippen MR) is 124 cm³/mol. The number of halogens is 1. The fourth-order valence-corrected chi connectivity index (χ4v) is 4.65. The zero-order valence-corrected chi connectivity index (χ0v) is 18.6. The number of aromatic nitrogens is 3. The number of piperazine rings is 1. The Morgan fingerprint density at radius 1 is 1.19 bits per heavy atom. The number of ether oxygens (including phenoxy) is 2. The molecule has 2 saturated heterocycles. The Labute approximate surface area is 186 Å². The van der Waals surface area contributed by atoms with Crippen molar-refractivity contribution in [2.24, 2.45) is 0 Å². The number of pyridine rings is 1. The molecule has 0 radical (unpaired) electrons. The Morgan fingerprint density at radius 2 is 2.03 bits per heavy atom. The van der Waals surface area contributed by atoms with Gasteiger partial charge in [0.25, 0.3) is 0 Å². The van der Waals surface area contributed by atoms with Gasteiger partial charge in [-0.15, -0.1) is 0 Å². The van der Waals surface area contributed by atoms with E-state index in [-0.39, 0.29) is 0 Å². The Morgan fingerprint density at radius 3 is 2.81 bits per heavy atom. The number of H-pyrrole nitrogens is 1. The number of methoxy groups -OCH3 is 1. The largest absolute Gasteiger partial charge is 0.496 e. The topological polar surface area (TPSA) is 78.5 Å². The SMILES string of the molecule is COc1cc(N2CCOCC2)ccc1-c1nc2ncc(Cl)c(N3CCN[C@@H](C)C3)c2[nH]1. The molecule has 3 aromatic rings. The summed E-state index contributed by atoms with van der Waals surface area (Å²) in [6.07, 6.45) is 1.69. The number of nitrogens with one attached hydrogen (secondary N) is 2. The van der Waals surface area contributed by atoms with E-state index >= 15 is 0 Å². The van der Waals surface area contributed by atoms with Gasteiger partial charge in [-0.3, -0.25) is 0 Å². The lowest BCUT2D eigenvalue weighted by Gasteiger charge is -2.34. The third-order valence-electron chi connectivity index (χ3n) is 5.95. The van der Waals surface area contributed by atoms with Crippen LogP contribution in [0.1, 0.15) is 6.92 Å². The highest BCUT2D eigenvalue weighted by molar-refractivity contribution is 6.34. The molecule has 31 heavy (non-hydrogen) atoms. The minimum Gasteiger partial charge on any atom is -0.496 e. The van der Waals surface area contributed by atoms with Crippen molar-refractivity contribution in [3.8, 4) is 17.1 Å². The van der Waals surface area contributed by atoms with Crippen molar-refractivity contribution >= 4 is 34.1 Å². The van der Waals surface area contributed by atoms with Gasteiger partial charge in [0.2, 0.25) is 0 Å². The van der Waals surface area contributed by atoms with Crippen LogP contribution in [0.5, 0.6) is 5.75 Å². The van der Waals surface area contributed by atoms with Crippen molar-refractivity contribution in [2.45, 2.75) is 13.0 Å². The molecule has 0 spiro atoms. The van der Waals surface area contributed by atoms with Crippen molar-refractivity contribution in [3.63, 3.8) is 0 Å². The summed E-state index contributed by atoms with van der Waals surface area (Å²) in [6.45, 7) is 8.10. The molecule has 4 heterocycles. The van der Waals surface area contributed by atoms with Crippen molar-refractivity contribution in [1.29, 1.82) is 0 Å². The summed E-state index contributed by atoms with van der Waals surface area (Å²) in [5, 5.41) is 4.10. The maximum absolute atomic E-state index is 6.59. The molecule has 0 unspecified atom stereocenters. The van der Waals surface area contributed by atoms with E-state index in [0.717, 1.165) is 80.0 Å². The van der Waals surface area contributed by atoms with Gasteiger partial charge >= 0.3 is 0 Å². The number of hydrogen-bond acceptors (Lipinski definition) is 7.